The van der Waals surface area contributed by atoms with Crippen LogP contribution in [-0.2, 0) is 0 Å². The zero-order valence-corrected chi connectivity index (χ0v) is 26.2. The minimum Gasteiger partial charge on any atom is -0.208 e. The van der Waals surface area contributed by atoms with E-state index in [1.54, 1.807) is 0 Å². The van der Waals surface area contributed by atoms with Gasteiger partial charge >= 0.3 is 0 Å². The van der Waals surface area contributed by atoms with E-state index in [0.717, 1.165) is 22.1 Å². The number of fused-ring (bicyclic) bond motifs is 4. The second-order valence-corrected chi connectivity index (χ2v) is 12.8. The molecule has 47 heavy (non-hydrogen) atoms. The summed E-state index contributed by atoms with van der Waals surface area (Å²) in [5.74, 6) is 1.97. The van der Waals surface area contributed by atoms with Crippen molar-refractivity contribution < 1.29 is 0 Å². The first-order chi connectivity index (χ1) is 23.3. The van der Waals surface area contributed by atoms with Crippen LogP contribution in [-0.4, -0.2) is 15.0 Å². The minimum atomic E-state index is 0.653. The fourth-order valence-electron chi connectivity index (χ4n) is 6.37. The smallest absolute Gasteiger partial charge is 0.164 e. The van der Waals surface area contributed by atoms with Gasteiger partial charge in [-0.05, 0) is 63.4 Å². The van der Waals surface area contributed by atoms with Gasteiger partial charge in [0.2, 0.25) is 0 Å². The van der Waals surface area contributed by atoms with Crippen LogP contribution >= 0.6 is 11.3 Å². The summed E-state index contributed by atoms with van der Waals surface area (Å²) in [5, 5.41) is 4.85. The average molecular weight is 618 g/mol. The number of nitrogens with zero attached hydrogens (tertiary/aromatic N) is 3. The highest BCUT2D eigenvalue weighted by molar-refractivity contribution is 7.26. The van der Waals surface area contributed by atoms with E-state index >= 15 is 0 Å². The Morgan fingerprint density at radius 3 is 1.57 bits per heavy atom. The Hall–Kier alpha value is -5.97. The Morgan fingerprint density at radius 2 is 0.872 bits per heavy atom. The van der Waals surface area contributed by atoms with Gasteiger partial charge in [0.15, 0.2) is 17.5 Å². The van der Waals surface area contributed by atoms with Crippen LogP contribution in [0.25, 0.3) is 87.4 Å². The van der Waals surface area contributed by atoms with Crippen LogP contribution in [0.5, 0.6) is 0 Å². The van der Waals surface area contributed by atoms with Gasteiger partial charge in [0, 0.05) is 36.9 Å². The molecule has 220 valence electrons. The molecule has 9 aromatic rings. The Labute approximate surface area is 276 Å². The van der Waals surface area contributed by atoms with Gasteiger partial charge in [-0.1, -0.05) is 133 Å². The molecule has 2 heterocycles. The van der Waals surface area contributed by atoms with Crippen molar-refractivity contribution in [1.82, 2.24) is 15.0 Å². The number of aromatic nitrogens is 3. The van der Waals surface area contributed by atoms with Crippen molar-refractivity contribution in [1.29, 1.82) is 0 Å². The Morgan fingerprint density at radius 1 is 0.340 bits per heavy atom. The predicted molar refractivity (Wildman–Crippen MR) is 197 cm³/mol. The van der Waals surface area contributed by atoms with Gasteiger partial charge < -0.3 is 0 Å². The maximum absolute atomic E-state index is 5.15. The maximum Gasteiger partial charge on any atom is 0.164 e. The average Bonchev–Trinajstić information content (AvgIpc) is 3.53. The Kier molecular flexibility index (Phi) is 6.65. The molecule has 0 aliphatic rings. The zero-order valence-electron chi connectivity index (χ0n) is 25.3. The van der Waals surface area contributed by atoms with Gasteiger partial charge in [-0.2, -0.15) is 0 Å². The van der Waals surface area contributed by atoms with E-state index in [9.17, 15) is 0 Å². The van der Waals surface area contributed by atoms with Gasteiger partial charge in [0.25, 0.3) is 0 Å². The highest BCUT2D eigenvalue weighted by Gasteiger charge is 2.17. The molecule has 0 bridgehead atoms. The molecule has 0 amide bonds. The summed E-state index contributed by atoms with van der Waals surface area (Å²) < 4.78 is 2.48. The van der Waals surface area contributed by atoms with E-state index in [4.69, 9.17) is 15.0 Å². The SMILES string of the molecule is c1ccc(-c2ccc3cc(-c4nc(-c5ccccc5)nc(-c5cc(-c6ccccc6)c6c(c5)sc5ccccc56)n4)ccc3c2)cc1. The van der Waals surface area contributed by atoms with E-state index in [1.165, 1.54) is 47.8 Å². The van der Waals surface area contributed by atoms with Crippen molar-refractivity contribution in [2.75, 3.05) is 0 Å². The van der Waals surface area contributed by atoms with Gasteiger partial charge in [0.05, 0.1) is 0 Å². The lowest BCUT2D eigenvalue weighted by Gasteiger charge is -2.12. The molecule has 0 fully saturated rings. The summed E-state index contributed by atoms with van der Waals surface area (Å²) >= 11 is 1.81. The number of benzene rings is 7. The van der Waals surface area contributed by atoms with E-state index in [0.29, 0.717) is 17.5 Å². The third kappa shape index (κ3) is 5.05. The van der Waals surface area contributed by atoms with Crippen LogP contribution in [0.15, 0.2) is 164 Å². The zero-order chi connectivity index (χ0) is 31.2. The topological polar surface area (TPSA) is 38.7 Å². The summed E-state index contributed by atoms with van der Waals surface area (Å²) in [4.78, 5) is 15.3. The van der Waals surface area contributed by atoms with Crippen LogP contribution in [0.3, 0.4) is 0 Å². The standard InChI is InChI=1S/C43H27N3S/c1-4-12-28(13-5-1)31-20-21-33-25-34(23-22-32(33)24-31)42-44-41(30-16-8-3-9-17-30)45-43(46-42)35-26-37(29-14-6-2-7-15-29)40-36-18-10-11-19-38(36)47-39(40)27-35/h1-27H. The van der Waals surface area contributed by atoms with Crippen LogP contribution in [0.4, 0.5) is 0 Å². The van der Waals surface area contributed by atoms with E-state index in [1.807, 2.05) is 35.6 Å². The summed E-state index contributed by atoms with van der Waals surface area (Å²) in [6.45, 7) is 0. The predicted octanol–water partition coefficient (Wildman–Crippen LogP) is 11.7. The maximum atomic E-state index is 5.15. The highest BCUT2D eigenvalue weighted by atomic mass is 32.1. The normalized spacial score (nSPS) is 11.4. The second kappa shape index (κ2) is 11.4. The molecule has 0 saturated carbocycles. The molecule has 0 aliphatic carbocycles. The monoisotopic (exact) mass is 617 g/mol. The van der Waals surface area contributed by atoms with Crippen LogP contribution < -0.4 is 0 Å². The molecular formula is C43H27N3S. The molecule has 9 rings (SSSR count). The second-order valence-electron chi connectivity index (χ2n) is 11.7. The van der Waals surface area contributed by atoms with Crippen LogP contribution in [0.2, 0.25) is 0 Å². The molecule has 0 unspecified atom stereocenters. The number of thiophene rings is 1. The fraction of sp³-hybridized carbons (Fsp3) is 0. The van der Waals surface area contributed by atoms with Gasteiger partial charge in [-0.3, -0.25) is 0 Å². The van der Waals surface area contributed by atoms with Crippen molar-refractivity contribution in [2.24, 2.45) is 0 Å². The van der Waals surface area contributed by atoms with Gasteiger partial charge in [-0.15, -0.1) is 11.3 Å². The largest absolute Gasteiger partial charge is 0.208 e. The summed E-state index contributed by atoms with van der Waals surface area (Å²) in [6, 6.07) is 57.5. The van der Waals surface area contributed by atoms with E-state index in [-0.39, 0.29) is 0 Å². The number of hydrogen-bond donors (Lipinski definition) is 0. The van der Waals surface area contributed by atoms with Crippen molar-refractivity contribution in [2.45, 2.75) is 0 Å². The minimum absolute atomic E-state index is 0.653. The first-order valence-corrected chi connectivity index (χ1v) is 16.5. The van der Waals surface area contributed by atoms with Crippen molar-refractivity contribution in [3.63, 3.8) is 0 Å². The third-order valence-electron chi connectivity index (χ3n) is 8.69. The first-order valence-electron chi connectivity index (χ1n) is 15.7. The lowest BCUT2D eigenvalue weighted by atomic mass is 9.97. The molecule has 0 N–H and O–H groups in total. The Bertz CT molecular complexity index is 2560. The van der Waals surface area contributed by atoms with E-state index in [2.05, 4.69) is 140 Å². The van der Waals surface area contributed by atoms with E-state index < -0.39 is 0 Å². The van der Waals surface area contributed by atoms with Crippen molar-refractivity contribution in [3.05, 3.63) is 164 Å². The van der Waals surface area contributed by atoms with Crippen molar-refractivity contribution in [3.8, 4) is 56.4 Å². The molecule has 2 aromatic heterocycles. The number of rotatable bonds is 5. The fourth-order valence-corrected chi connectivity index (χ4v) is 7.55. The molecule has 4 heteroatoms. The molecule has 0 saturated heterocycles. The quantitative estimate of drug-likeness (QED) is 0.193. The molecule has 7 aromatic carbocycles. The molecule has 0 spiro atoms. The highest BCUT2D eigenvalue weighted by Crippen LogP contribution is 2.42. The molecule has 0 atom stereocenters. The lowest BCUT2D eigenvalue weighted by molar-refractivity contribution is 1.08. The third-order valence-corrected chi connectivity index (χ3v) is 9.81. The van der Waals surface area contributed by atoms with Crippen LogP contribution in [0.1, 0.15) is 0 Å². The van der Waals surface area contributed by atoms with Crippen molar-refractivity contribution >= 4 is 42.3 Å². The number of hydrogen-bond acceptors (Lipinski definition) is 4. The summed E-state index contributed by atoms with van der Waals surface area (Å²) in [5.41, 5.74) is 7.64. The summed E-state index contributed by atoms with van der Waals surface area (Å²) in [6.07, 6.45) is 0. The molecule has 3 nitrogen and oxygen atoms in total. The van der Waals surface area contributed by atoms with Gasteiger partial charge in [0.1, 0.15) is 0 Å². The Balaban J connectivity index is 1.23. The molecule has 0 aliphatic heterocycles. The lowest BCUT2D eigenvalue weighted by Crippen LogP contribution is -2.00. The van der Waals surface area contributed by atoms with Gasteiger partial charge in [-0.25, -0.2) is 15.0 Å². The van der Waals surface area contributed by atoms with Crippen LogP contribution in [0, 0.1) is 0 Å². The first kappa shape index (κ1) is 27.3. The molecular weight excluding hydrogens is 591 g/mol. The molecule has 0 radical (unpaired) electrons. The summed E-state index contributed by atoms with van der Waals surface area (Å²) in [7, 11) is 0.